The Hall–Kier alpha value is -1.65. The molecule has 0 spiro atoms. The molecule has 0 fully saturated rings. The van der Waals surface area contributed by atoms with Crippen molar-refractivity contribution >= 4 is 11.6 Å². The third-order valence-electron chi connectivity index (χ3n) is 3.17. The van der Waals surface area contributed by atoms with Crippen molar-refractivity contribution in [2.75, 3.05) is 12.4 Å². The lowest BCUT2D eigenvalue weighted by molar-refractivity contribution is 0.0937. The summed E-state index contributed by atoms with van der Waals surface area (Å²) in [5.74, 6) is -1.98. The lowest BCUT2D eigenvalue weighted by atomic mass is 10.1. The summed E-state index contributed by atoms with van der Waals surface area (Å²) in [5, 5.41) is 5.18. The van der Waals surface area contributed by atoms with Crippen LogP contribution in [0.5, 0.6) is 0 Å². The predicted octanol–water partition coefficient (Wildman–Crippen LogP) is 3.71. The molecule has 0 aromatic heterocycles. The van der Waals surface area contributed by atoms with E-state index in [0.29, 0.717) is 0 Å². The van der Waals surface area contributed by atoms with Crippen molar-refractivity contribution in [1.29, 1.82) is 0 Å². The van der Waals surface area contributed by atoms with E-state index >= 15 is 0 Å². The van der Waals surface area contributed by atoms with E-state index < -0.39 is 17.5 Å². The number of amides is 1. The SMILES string of the molecule is CCCCCC(C)NC(=O)c1cc(F)c(NC)c(F)c1. The molecule has 20 heavy (non-hydrogen) atoms. The molecule has 1 atom stereocenters. The smallest absolute Gasteiger partial charge is 0.251 e. The van der Waals surface area contributed by atoms with Gasteiger partial charge in [0.1, 0.15) is 17.3 Å². The monoisotopic (exact) mass is 284 g/mol. The minimum absolute atomic E-state index is 0.00124. The second kappa shape index (κ2) is 7.82. The molecule has 0 saturated carbocycles. The Kier molecular flexibility index (Phi) is 6.42. The molecule has 0 heterocycles. The number of carbonyl (C=O) groups excluding carboxylic acids is 1. The van der Waals surface area contributed by atoms with E-state index in [1.54, 1.807) is 0 Å². The molecule has 1 amide bonds. The van der Waals surface area contributed by atoms with Crippen LogP contribution in [0.4, 0.5) is 14.5 Å². The Morgan fingerprint density at radius 2 is 1.85 bits per heavy atom. The molecule has 1 aromatic rings. The van der Waals surface area contributed by atoms with E-state index in [2.05, 4.69) is 17.6 Å². The molecular weight excluding hydrogens is 262 g/mol. The highest BCUT2D eigenvalue weighted by Gasteiger charge is 2.15. The number of hydrogen-bond donors (Lipinski definition) is 2. The van der Waals surface area contributed by atoms with E-state index in [9.17, 15) is 13.6 Å². The zero-order valence-electron chi connectivity index (χ0n) is 12.2. The number of halogens is 2. The quantitative estimate of drug-likeness (QED) is 0.749. The van der Waals surface area contributed by atoms with Gasteiger partial charge in [-0.25, -0.2) is 8.78 Å². The van der Waals surface area contributed by atoms with Gasteiger partial charge in [-0.15, -0.1) is 0 Å². The summed E-state index contributed by atoms with van der Waals surface area (Å²) in [5.41, 5.74) is -0.223. The summed E-state index contributed by atoms with van der Waals surface area (Å²) in [6.07, 6.45) is 4.11. The highest BCUT2D eigenvalue weighted by atomic mass is 19.1. The molecule has 1 aromatic carbocycles. The number of benzene rings is 1. The molecule has 0 aliphatic heterocycles. The maximum absolute atomic E-state index is 13.6. The van der Waals surface area contributed by atoms with Gasteiger partial charge in [0.15, 0.2) is 0 Å². The van der Waals surface area contributed by atoms with E-state index in [0.717, 1.165) is 37.8 Å². The first-order chi connectivity index (χ1) is 9.49. The minimum Gasteiger partial charge on any atom is -0.383 e. The number of anilines is 1. The number of carbonyl (C=O) groups is 1. The molecule has 0 aliphatic rings. The fraction of sp³-hybridized carbons (Fsp3) is 0.533. The Morgan fingerprint density at radius 3 is 2.35 bits per heavy atom. The van der Waals surface area contributed by atoms with Gasteiger partial charge in [-0.05, 0) is 25.5 Å². The largest absolute Gasteiger partial charge is 0.383 e. The summed E-state index contributed by atoms with van der Waals surface area (Å²) in [6, 6.07) is 2.08. The lowest BCUT2D eigenvalue weighted by Gasteiger charge is -2.14. The van der Waals surface area contributed by atoms with Gasteiger partial charge >= 0.3 is 0 Å². The topological polar surface area (TPSA) is 41.1 Å². The van der Waals surface area contributed by atoms with Gasteiger partial charge in [0.25, 0.3) is 5.91 Å². The van der Waals surface area contributed by atoms with E-state index in [-0.39, 0.29) is 17.3 Å². The van der Waals surface area contributed by atoms with Crippen molar-refractivity contribution in [3.8, 4) is 0 Å². The van der Waals surface area contributed by atoms with Gasteiger partial charge in [0.05, 0.1) is 0 Å². The minimum atomic E-state index is -0.767. The molecule has 0 aliphatic carbocycles. The number of unbranched alkanes of at least 4 members (excludes halogenated alkanes) is 2. The maximum Gasteiger partial charge on any atom is 0.251 e. The summed E-state index contributed by atoms with van der Waals surface area (Å²) >= 11 is 0. The molecular formula is C15H22F2N2O. The van der Waals surface area contributed by atoms with Gasteiger partial charge in [-0.2, -0.15) is 0 Å². The van der Waals surface area contributed by atoms with E-state index in [1.165, 1.54) is 7.05 Å². The second-order valence-electron chi connectivity index (χ2n) is 4.94. The van der Waals surface area contributed by atoms with Crippen LogP contribution in [0.3, 0.4) is 0 Å². The van der Waals surface area contributed by atoms with Crippen LogP contribution >= 0.6 is 0 Å². The van der Waals surface area contributed by atoms with Crippen LogP contribution in [0.2, 0.25) is 0 Å². The Morgan fingerprint density at radius 1 is 1.25 bits per heavy atom. The maximum atomic E-state index is 13.6. The second-order valence-corrected chi connectivity index (χ2v) is 4.94. The third kappa shape index (κ3) is 4.47. The molecule has 1 rings (SSSR count). The standard InChI is InChI=1S/C15H22F2N2O/c1-4-5-6-7-10(2)19-15(20)11-8-12(16)14(18-3)13(17)9-11/h8-10,18H,4-7H2,1-3H3,(H,19,20). The van der Waals surface area contributed by atoms with Crippen molar-refractivity contribution in [3.63, 3.8) is 0 Å². The normalized spacial score (nSPS) is 12.1. The van der Waals surface area contributed by atoms with Crippen LogP contribution in [0.25, 0.3) is 0 Å². The van der Waals surface area contributed by atoms with Crippen LogP contribution in [0.15, 0.2) is 12.1 Å². The summed E-state index contributed by atoms with van der Waals surface area (Å²) in [7, 11) is 1.43. The zero-order chi connectivity index (χ0) is 15.1. The van der Waals surface area contributed by atoms with Crippen LogP contribution in [0.1, 0.15) is 49.9 Å². The van der Waals surface area contributed by atoms with Gasteiger partial charge in [0.2, 0.25) is 0 Å². The van der Waals surface area contributed by atoms with Crippen molar-refractivity contribution in [2.45, 2.75) is 45.6 Å². The van der Waals surface area contributed by atoms with Crippen LogP contribution in [0, 0.1) is 11.6 Å². The number of nitrogens with one attached hydrogen (secondary N) is 2. The Balaban J connectivity index is 2.68. The Bertz CT molecular complexity index is 440. The fourth-order valence-electron chi connectivity index (χ4n) is 2.02. The van der Waals surface area contributed by atoms with E-state index in [1.807, 2.05) is 6.92 Å². The first-order valence-corrected chi connectivity index (χ1v) is 6.97. The summed E-state index contributed by atoms with van der Waals surface area (Å²) in [4.78, 5) is 11.9. The molecule has 3 nitrogen and oxygen atoms in total. The average Bonchev–Trinajstić information content (AvgIpc) is 2.38. The summed E-state index contributed by atoms with van der Waals surface area (Å²) < 4.78 is 27.2. The highest BCUT2D eigenvalue weighted by Crippen LogP contribution is 2.20. The van der Waals surface area contributed by atoms with Gasteiger partial charge < -0.3 is 10.6 Å². The van der Waals surface area contributed by atoms with Crippen molar-refractivity contribution in [3.05, 3.63) is 29.3 Å². The zero-order valence-corrected chi connectivity index (χ0v) is 12.2. The van der Waals surface area contributed by atoms with Crippen molar-refractivity contribution in [2.24, 2.45) is 0 Å². The van der Waals surface area contributed by atoms with Gasteiger partial charge in [-0.1, -0.05) is 26.2 Å². The highest BCUT2D eigenvalue weighted by molar-refractivity contribution is 5.94. The van der Waals surface area contributed by atoms with Crippen LogP contribution in [-0.2, 0) is 0 Å². The van der Waals surface area contributed by atoms with Crippen LogP contribution in [-0.4, -0.2) is 19.0 Å². The average molecular weight is 284 g/mol. The predicted molar refractivity (Wildman–Crippen MR) is 77.0 cm³/mol. The molecule has 0 radical (unpaired) electrons. The molecule has 1 unspecified atom stereocenters. The number of rotatable bonds is 7. The lowest BCUT2D eigenvalue weighted by Crippen LogP contribution is -2.32. The molecule has 0 bridgehead atoms. The Labute approximate surface area is 118 Å². The van der Waals surface area contributed by atoms with Gasteiger partial charge in [-0.3, -0.25) is 4.79 Å². The van der Waals surface area contributed by atoms with Gasteiger partial charge in [0, 0.05) is 18.7 Å². The first kappa shape index (κ1) is 16.4. The van der Waals surface area contributed by atoms with E-state index in [4.69, 9.17) is 0 Å². The summed E-state index contributed by atoms with van der Waals surface area (Å²) in [6.45, 7) is 4.00. The van der Waals surface area contributed by atoms with Crippen molar-refractivity contribution < 1.29 is 13.6 Å². The third-order valence-corrected chi connectivity index (χ3v) is 3.17. The fourth-order valence-corrected chi connectivity index (χ4v) is 2.02. The molecule has 5 heteroatoms. The molecule has 112 valence electrons. The van der Waals surface area contributed by atoms with Crippen molar-refractivity contribution in [1.82, 2.24) is 5.32 Å². The first-order valence-electron chi connectivity index (χ1n) is 6.97. The molecule has 2 N–H and O–H groups in total. The van der Waals surface area contributed by atoms with Crippen LogP contribution < -0.4 is 10.6 Å². The molecule has 0 saturated heterocycles. The number of hydrogen-bond acceptors (Lipinski definition) is 2.